The Morgan fingerprint density at radius 3 is 2.76 bits per heavy atom. The number of aliphatic hydroxyl groups excluding tert-OH is 1. The lowest BCUT2D eigenvalue weighted by Crippen LogP contribution is -2.19. The van der Waals surface area contributed by atoms with Crippen LogP contribution in [0.2, 0.25) is 0 Å². The number of aromatic hydroxyl groups is 1. The number of hydrogen-bond acceptors (Lipinski definition) is 5. The third-order valence-corrected chi connectivity index (χ3v) is 2.34. The molecule has 0 radical (unpaired) electrons. The van der Waals surface area contributed by atoms with Crippen molar-refractivity contribution in [3.63, 3.8) is 0 Å². The SMILES string of the molecule is C=C(NCc1c(CO)cnc(C)c1O)C(=O)O. The number of aliphatic hydroxyl groups is 1. The molecule has 17 heavy (non-hydrogen) atoms. The number of carboxylic acids is 1. The zero-order valence-electron chi connectivity index (χ0n) is 9.40. The monoisotopic (exact) mass is 238 g/mol. The topological polar surface area (TPSA) is 103 Å². The lowest BCUT2D eigenvalue weighted by atomic mass is 10.1. The van der Waals surface area contributed by atoms with Crippen LogP contribution in [0.15, 0.2) is 18.5 Å². The summed E-state index contributed by atoms with van der Waals surface area (Å²) < 4.78 is 0. The number of carboxylic acid groups (broad SMARTS) is 1. The Labute approximate surface area is 98.2 Å². The molecule has 1 heterocycles. The van der Waals surface area contributed by atoms with Crippen molar-refractivity contribution in [2.24, 2.45) is 0 Å². The number of hydrogen-bond donors (Lipinski definition) is 4. The highest BCUT2D eigenvalue weighted by atomic mass is 16.4. The minimum Gasteiger partial charge on any atom is -0.506 e. The fourth-order valence-electron chi connectivity index (χ4n) is 1.29. The van der Waals surface area contributed by atoms with E-state index in [0.717, 1.165) is 0 Å². The van der Waals surface area contributed by atoms with Crippen LogP contribution in [0.5, 0.6) is 5.75 Å². The zero-order chi connectivity index (χ0) is 13.0. The first-order chi connectivity index (χ1) is 7.97. The van der Waals surface area contributed by atoms with Crippen LogP contribution in [-0.2, 0) is 17.9 Å². The Hall–Kier alpha value is -2.08. The number of nitrogens with zero attached hydrogens (tertiary/aromatic N) is 1. The van der Waals surface area contributed by atoms with E-state index in [2.05, 4.69) is 16.9 Å². The minimum atomic E-state index is -1.17. The summed E-state index contributed by atoms with van der Waals surface area (Å²) in [4.78, 5) is 14.4. The van der Waals surface area contributed by atoms with E-state index in [4.69, 9.17) is 10.2 Å². The van der Waals surface area contributed by atoms with E-state index in [9.17, 15) is 9.90 Å². The molecule has 4 N–H and O–H groups in total. The van der Waals surface area contributed by atoms with Crippen molar-refractivity contribution >= 4 is 5.97 Å². The molecule has 0 aliphatic rings. The lowest BCUT2D eigenvalue weighted by Gasteiger charge is -2.12. The van der Waals surface area contributed by atoms with E-state index >= 15 is 0 Å². The third-order valence-electron chi connectivity index (χ3n) is 2.34. The molecular formula is C11H14N2O4. The van der Waals surface area contributed by atoms with Crippen molar-refractivity contribution in [1.29, 1.82) is 0 Å². The molecule has 1 rings (SSSR count). The van der Waals surface area contributed by atoms with Gasteiger partial charge in [0.2, 0.25) is 0 Å². The molecule has 6 heteroatoms. The maximum Gasteiger partial charge on any atom is 0.351 e. The predicted octanol–water partition coefficient (Wildman–Crippen LogP) is 0.276. The molecule has 0 fully saturated rings. The van der Waals surface area contributed by atoms with E-state index in [0.29, 0.717) is 16.8 Å². The van der Waals surface area contributed by atoms with Crippen LogP contribution in [0, 0.1) is 6.92 Å². The Bertz CT molecular complexity index is 457. The molecule has 92 valence electrons. The predicted molar refractivity (Wildman–Crippen MR) is 60.2 cm³/mol. The summed E-state index contributed by atoms with van der Waals surface area (Å²) in [6.45, 7) is 4.71. The van der Waals surface area contributed by atoms with Gasteiger partial charge >= 0.3 is 5.97 Å². The summed E-state index contributed by atoms with van der Waals surface area (Å²) in [6.07, 6.45) is 1.44. The maximum atomic E-state index is 10.5. The molecule has 0 bridgehead atoms. The second-order valence-electron chi connectivity index (χ2n) is 3.49. The summed E-state index contributed by atoms with van der Waals surface area (Å²) in [7, 11) is 0. The van der Waals surface area contributed by atoms with Gasteiger partial charge in [0, 0.05) is 23.9 Å². The van der Waals surface area contributed by atoms with Gasteiger partial charge in [0.05, 0.1) is 12.3 Å². The number of carbonyl (C=O) groups is 1. The number of aromatic nitrogens is 1. The van der Waals surface area contributed by atoms with Crippen LogP contribution in [0.1, 0.15) is 16.8 Å². The molecule has 0 amide bonds. The van der Waals surface area contributed by atoms with Gasteiger partial charge in [-0.15, -0.1) is 0 Å². The van der Waals surface area contributed by atoms with Crippen LogP contribution in [-0.4, -0.2) is 26.3 Å². The minimum absolute atomic E-state index is 0.0535. The van der Waals surface area contributed by atoms with Gasteiger partial charge in [-0.3, -0.25) is 4.98 Å². The molecule has 1 aromatic heterocycles. The van der Waals surface area contributed by atoms with E-state index in [-0.39, 0.29) is 24.6 Å². The van der Waals surface area contributed by atoms with Crippen molar-refractivity contribution in [3.8, 4) is 5.75 Å². The molecule has 0 saturated heterocycles. The number of nitrogens with one attached hydrogen (secondary N) is 1. The maximum absolute atomic E-state index is 10.5. The molecule has 0 atom stereocenters. The third kappa shape index (κ3) is 2.94. The molecule has 0 saturated carbocycles. The van der Waals surface area contributed by atoms with Crippen LogP contribution < -0.4 is 5.32 Å². The van der Waals surface area contributed by atoms with Gasteiger partial charge in [0.15, 0.2) is 0 Å². The summed E-state index contributed by atoms with van der Waals surface area (Å²) in [5.41, 5.74) is 1.10. The van der Waals surface area contributed by atoms with Gasteiger partial charge in [-0.1, -0.05) is 6.58 Å². The highest BCUT2D eigenvalue weighted by Gasteiger charge is 2.12. The number of aryl methyl sites for hydroxylation is 1. The van der Waals surface area contributed by atoms with E-state index in [1.807, 2.05) is 0 Å². The first-order valence-electron chi connectivity index (χ1n) is 4.90. The van der Waals surface area contributed by atoms with Gasteiger partial charge < -0.3 is 20.6 Å². The van der Waals surface area contributed by atoms with Crippen molar-refractivity contribution in [2.75, 3.05) is 0 Å². The van der Waals surface area contributed by atoms with Crippen LogP contribution >= 0.6 is 0 Å². The highest BCUT2D eigenvalue weighted by molar-refractivity contribution is 5.85. The first kappa shape index (κ1) is 13.0. The average Bonchev–Trinajstić information content (AvgIpc) is 2.30. The molecule has 0 unspecified atom stereocenters. The van der Waals surface area contributed by atoms with Crippen LogP contribution in [0.4, 0.5) is 0 Å². The number of aliphatic carboxylic acids is 1. The molecule has 0 spiro atoms. The van der Waals surface area contributed by atoms with Gasteiger partial charge in [0.1, 0.15) is 11.4 Å². The van der Waals surface area contributed by atoms with E-state index in [1.54, 1.807) is 6.92 Å². The zero-order valence-corrected chi connectivity index (χ0v) is 9.40. The van der Waals surface area contributed by atoms with E-state index < -0.39 is 5.97 Å². The Morgan fingerprint density at radius 1 is 1.59 bits per heavy atom. The molecule has 6 nitrogen and oxygen atoms in total. The quantitative estimate of drug-likeness (QED) is 0.549. The fraction of sp³-hybridized carbons (Fsp3) is 0.273. The van der Waals surface area contributed by atoms with Gasteiger partial charge in [-0.25, -0.2) is 4.79 Å². The first-order valence-corrected chi connectivity index (χ1v) is 4.90. The molecule has 0 aliphatic heterocycles. The molecular weight excluding hydrogens is 224 g/mol. The van der Waals surface area contributed by atoms with Crippen molar-refractivity contribution < 1.29 is 20.1 Å². The summed E-state index contributed by atoms with van der Waals surface area (Å²) >= 11 is 0. The number of pyridine rings is 1. The lowest BCUT2D eigenvalue weighted by molar-refractivity contribution is -0.133. The summed E-state index contributed by atoms with van der Waals surface area (Å²) in [5, 5.41) is 30.0. The largest absolute Gasteiger partial charge is 0.506 e. The molecule has 1 aromatic rings. The normalized spacial score (nSPS) is 10.0. The van der Waals surface area contributed by atoms with Gasteiger partial charge in [0.25, 0.3) is 0 Å². The fourth-order valence-corrected chi connectivity index (χ4v) is 1.29. The summed E-state index contributed by atoms with van der Waals surface area (Å²) in [6, 6.07) is 0. The van der Waals surface area contributed by atoms with Crippen LogP contribution in [0.3, 0.4) is 0 Å². The van der Waals surface area contributed by atoms with Gasteiger partial charge in [-0.2, -0.15) is 0 Å². The molecule has 0 aliphatic carbocycles. The molecule has 0 aromatic carbocycles. The Morgan fingerprint density at radius 2 is 2.24 bits per heavy atom. The highest BCUT2D eigenvalue weighted by Crippen LogP contribution is 2.23. The van der Waals surface area contributed by atoms with Crippen molar-refractivity contribution in [3.05, 3.63) is 35.3 Å². The van der Waals surface area contributed by atoms with Crippen molar-refractivity contribution in [2.45, 2.75) is 20.1 Å². The van der Waals surface area contributed by atoms with Crippen LogP contribution in [0.25, 0.3) is 0 Å². The van der Waals surface area contributed by atoms with E-state index in [1.165, 1.54) is 6.20 Å². The number of rotatable bonds is 5. The second-order valence-corrected chi connectivity index (χ2v) is 3.49. The Balaban J connectivity index is 2.93. The summed E-state index contributed by atoms with van der Waals surface area (Å²) in [5.74, 6) is -1.22. The van der Waals surface area contributed by atoms with Crippen molar-refractivity contribution in [1.82, 2.24) is 10.3 Å². The smallest absolute Gasteiger partial charge is 0.351 e. The standard InChI is InChI=1S/C11H14N2O4/c1-6-10(15)9(8(5-14)3-12-6)4-13-7(2)11(16)17/h3,13-15H,2,4-5H2,1H3,(H,16,17). The Kier molecular flexibility index (Phi) is 4.06. The second kappa shape index (κ2) is 5.31. The average molecular weight is 238 g/mol. The van der Waals surface area contributed by atoms with Gasteiger partial charge in [-0.05, 0) is 6.92 Å².